The first-order valence-electron chi connectivity index (χ1n) is 7.50. The summed E-state index contributed by atoms with van der Waals surface area (Å²) in [7, 11) is 1.92. The summed E-state index contributed by atoms with van der Waals surface area (Å²) in [6, 6.07) is 6.56. The van der Waals surface area contributed by atoms with Crippen LogP contribution in [-0.4, -0.2) is 33.4 Å². The second kappa shape index (κ2) is 6.63. The van der Waals surface area contributed by atoms with E-state index in [2.05, 4.69) is 31.2 Å². The van der Waals surface area contributed by atoms with Crippen molar-refractivity contribution < 1.29 is 0 Å². The fraction of sp³-hybridized carbons (Fsp3) is 0.438. The van der Waals surface area contributed by atoms with Crippen molar-refractivity contribution in [3.05, 3.63) is 48.2 Å². The molecule has 1 atom stereocenters. The van der Waals surface area contributed by atoms with Gasteiger partial charge in [0.2, 0.25) is 0 Å². The Morgan fingerprint density at radius 1 is 1.24 bits per heavy atom. The van der Waals surface area contributed by atoms with E-state index in [1.807, 2.05) is 31.6 Å². The van der Waals surface area contributed by atoms with Crippen LogP contribution >= 0.6 is 0 Å². The molecular formula is C16H21N5. The van der Waals surface area contributed by atoms with Crippen LogP contribution in [0.3, 0.4) is 0 Å². The number of piperidine rings is 1. The Labute approximate surface area is 125 Å². The van der Waals surface area contributed by atoms with Crippen molar-refractivity contribution in [3.8, 4) is 0 Å². The fourth-order valence-corrected chi connectivity index (χ4v) is 3.02. The molecule has 110 valence electrons. The van der Waals surface area contributed by atoms with E-state index in [-0.39, 0.29) is 0 Å². The van der Waals surface area contributed by atoms with Crippen molar-refractivity contribution >= 4 is 5.82 Å². The Morgan fingerprint density at radius 3 is 3.00 bits per heavy atom. The number of pyridine rings is 1. The lowest BCUT2D eigenvalue weighted by atomic mass is 9.98. The molecule has 3 rings (SSSR count). The molecule has 0 unspecified atom stereocenters. The molecule has 0 aliphatic carbocycles. The molecule has 0 bridgehead atoms. The predicted molar refractivity (Wildman–Crippen MR) is 82.8 cm³/mol. The lowest BCUT2D eigenvalue weighted by Crippen LogP contribution is -2.33. The second-order valence-corrected chi connectivity index (χ2v) is 5.38. The van der Waals surface area contributed by atoms with Crippen molar-refractivity contribution in [2.24, 2.45) is 0 Å². The minimum atomic E-state index is 0.381. The highest BCUT2D eigenvalue weighted by Crippen LogP contribution is 2.31. The average molecular weight is 283 g/mol. The van der Waals surface area contributed by atoms with Crippen LogP contribution < -0.4 is 5.32 Å². The first kappa shape index (κ1) is 13.9. The molecule has 1 aliphatic heterocycles. The van der Waals surface area contributed by atoms with Gasteiger partial charge in [0, 0.05) is 31.5 Å². The molecular weight excluding hydrogens is 262 g/mol. The maximum atomic E-state index is 4.45. The highest BCUT2D eigenvalue weighted by molar-refractivity contribution is 5.42. The predicted octanol–water partition coefficient (Wildman–Crippen LogP) is 2.64. The number of anilines is 1. The molecule has 0 radical (unpaired) electrons. The summed E-state index contributed by atoms with van der Waals surface area (Å²) in [6.07, 6.45) is 8.97. The Kier molecular flexibility index (Phi) is 4.40. The summed E-state index contributed by atoms with van der Waals surface area (Å²) in [5.74, 6) is 0.963. The summed E-state index contributed by atoms with van der Waals surface area (Å²) in [5.41, 5.74) is 2.36. The Morgan fingerprint density at radius 2 is 2.19 bits per heavy atom. The van der Waals surface area contributed by atoms with E-state index in [1.54, 1.807) is 6.33 Å². The fourth-order valence-electron chi connectivity index (χ4n) is 3.02. The molecule has 1 N–H and O–H groups in total. The molecule has 21 heavy (non-hydrogen) atoms. The maximum absolute atomic E-state index is 4.45. The van der Waals surface area contributed by atoms with E-state index in [9.17, 15) is 0 Å². The van der Waals surface area contributed by atoms with Gasteiger partial charge in [-0.15, -0.1) is 0 Å². The Hall–Kier alpha value is -2.01. The van der Waals surface area contributed by atoms with Crippen LogP contribution in [-0.2, 0) is 6.54 Å². The van der Waals surface area contributed by atoms with Gasteiger partial charge in [0.1, 0.15) is 12.1 Å². The summed E-state index contributed by atoms with van der Waals surface area (Å²) in [4.78, 5) is 15.4. The molecule has 0 spiro atoms. The third-order valence-electron chi connectivity index (χ3n) is 4.06. The number of nitrogens with one attached hydrogen (secondary N) is 1. The largest absolute Gasteiger partial charge is 0.373 e. The van der Waals surface area contributed by atoms with E-state index in [1.165, 1.54) is 18.4 Å². The molecule has 1 saturated heterocycles. The molecule has 0 aromatic carbocycles. The van der Waals surface area contributed by atoms with Gasteiger partial charge in [-0.3, -0.25) is 4.90 Å². The first-order chi connectivity index (χ1) is 10.4. The lowest BCUT2D eigenvalue weighted by Gasteiger charge is -2.35. The van der Waals surface area contributed by atoms with E-state index >= 15 is 0 Å². The molecule has 0 saturated carbocycles. The zero-order valence-corrected chi connectivity index (χ0v) is 12.4. The van der Waals surface area contributed by atoms with Crippen molar-refractivity contribution in [2.75, 3.05) is 18.9 Å². The molecule has 2 aromatic heterocycles. The summed E-state index contributed by atoms with van der Waals surface area (Å²) in [6.45, 7) is 2.01. The van der Waals surface area contributed by atoms with Crippen LogP contribution in [0.2, 0.25) is 0 Å². The summed E-state index contributed by atoms with van der Waals surface area (Å²) < 4.78 is 0. The van der Waals surface area contributed by atoms with Crippen LogP contribution in [0.15, 0.2) is 36.9 Å². The minimum absolute atomic E-state index is 0.381. The molecule has 5 nitrogen and oxygen atoms in total. The highest BCUT2D eigenvalue weighted by Gasteiger charge is 2.25. The summed E-state index contributed by atoms with van der Waals surface area (Å²) in [5, 5.41) is 3.18. The van der Waals surface area contributed by atoms with Gasteiger partial charge in [0.25, 0.3) is 0 Å². The smallest absolute Gasteiger partial charge is 0.130 e. The summed E-state index contributed by atoms with van der Waals surface area (Å²) >= 11 is 0. The maximum Gasteiger partial charge on any atom is 0.130 e. The van der Waals surface area contributed by atoms with Crippen molar-refractivity contribution in [1.82, 2.24) is 19.9 Å². The van der Waals surface area contributed by atoms with E-state index in [0.717, 1.165) is 31.0 Å². The van der Waals surface area contributed by atoms with E-state index in [0.29, 0.717) is 6.04 Å². The number of hydrogen-bond acceptors (Lipinski definition) is 5. The number of likely N-dealkylation sites (tertiary alicyclic amines) is 1. The van der Waals surface area contributed by atoms with Crippen LogP contribution in [0.1, 0.15) is 36.6 Å². The molecule has 0 amide bonds. The van der Waals surface area contributed by atoms with Gasteiger partial charge < -0.3 is 5.32 Å². The molecule has 3 heterocycles. The topological polar surface area (TPSA) is 53.9 Å². The number of aromatic nitrogens is 3. The molecule has 1 fully saturated rings. The van der Waals surface area contributed by atoms with Gasteiger partial charge >= 0.3 is 0 Å². The zero-order valence-electron chi connectivity index (χ0n) is 12.4. The van der Waals surface area contributed by atoms with Crippen molar-refractivity contribution in [2.45, 2.75) is 31.8 Å². The SMILES string of the molecule is CNc1ncccc1CN1CCCC[C@H]1c1ccncn1. The van der Waals surface area contributed by atoms with Gasteiger partial charge in [0.05, 0.1) is 11.7 Å². The van der Waals surface area contributed by atoms with Gasteiger partial charge in [0.15, 0.2) is 0 Å². The van der Waals surface area contributed by atoms with Gasteiger partial charge in [-0.05, 0) is 31.5 Å². The van der Waals surface area contributed by atoms with E-state index in [4.69, 9.17) is 0 Å². The molecule has 2 aromatic rings. The minimum Gasteiger partial charge on any atom is -0.373 e. The third-order valence-corrected chi connectivity index (χ3v) is 4.06. The van der Waals surface area contributed by atoms with Crippen LogP contribution in [0.5, 0.6) is 0 Å². The Balaban J connectivity index is 1.82. The highest BCUT2D eigenvalue weighted by atomic mass is 15.2. The molecule has 1 aliphatic rings. The Bertz CT molecular complexity index is 572. The lowest BCUT2D eigenvalue weighted by molar-refractivity contribution is 0.137. The van der Waals surface area contributed by atoms with Crippen molar-refractivity contribution in [3.63, 3.8) is 0 Å². The van der Waals surface area contributed by atoms with Crippen LogP contribution in [0.4, 0.5) is 5.82 Å². The monoisotopic (exact) mass is 283 g/mol. The third kappa shape index (κ3) is 3.19. The standard InChI is InChI=1S/C16H21N5/c1-17-16-13(5-4-8-19-16)11-21-10-3-2-6-15(21)14-7-9-18-12-20-14/h4-5,7-9,12,15H,2-3,6,10-11H2,1H3,(H,17,19)/t15-/m0/s1. The second-order valence-electron chi connectivity index (χ2n) is 5.38. The number of rotatable bonds is 4. The van der Waals surface area contributed by atoms with Crippen LogP contribution in [0.25, 0.3) is 0 Å². The number of nitrogens with zero attached hydrogens (tertiary/aromatic N) is 4. The number of hydrogen-bond donors (Lipinski definition) is 1. The van der Waals surface area contributed by atoms with Crippen molar-refractivity contribution in [1.29, 1.82) is 0 Å². The zero-order chi connectivity index (χ0) is 14.5. The first-order valence-corrected chi connectivity index (χ1v) is 7.50. The normalized spacial score (nSPS) is 19.4. The average Bonchev–Trinajstić information content (AvgIpc) is 2.57. The van der Waals surface area contributed by atoms with Gasteiger partial charge in [-0.2, -0.15) is 0 Å². The van der Waals surface area contributed by atoms with Gasteiger partial charge in [-0.1, -0.05) is 12.5 Å². The molecule has 5 heteroatoms. The quantitative estimate of drug-likeness (QED) is 0.935. The van der Waals surface area contributed by atoms with Gasteiger partial charge in [-0.25, -0.2) is 15.0 Å². The van der Waals surface area contributed by atoms with E-state index < -0.39 is 0 Å². The van der Waals surface area contributed by atoms with Crippen LogP contribution in [0, 0.1) is 0 Å².